The Labute approximate surface area is 96.1 Å². The summed E-state index contributed by atoms with van der Waals surface area (Å²) in [6.45, 7) is 2.83. The topological polar surface area (TPSA) is 58.6 Å². The molecule has 1 heterocycles. The average molecular weight is 228 g/mol. The fraction of sp³-hybridized carbons (Fsp3) is 0.818. The van der Waals surface area contributed by atoms with Crippen molar-refractivity contribution in [3.05, 3.63) is 0 Å². The fourth-order valence-electron chi connectivity index (χ4n) is 1.79. The lowest BCUT2D eigenvalue weighted by Crippen LogP contribution is -2.37. The highest BCUT2D eigenvalue weighted by atomic mass is 16.5. The Morgan fingerprint density at radius 2 is 2.00 bits per heavy atom. The summed E-state index contributed by atoms with van der Waals surface area (Å²) in [7, 11) is 3.39. The molecule has 1 aliphatic rings. The van der Waals surface area contributed by atoms with E-state index in [0.29, 0.717) is 12.5 Å². The van der Waals surface area contributed by atoms with Crippen LogP contribution in [0.1, 0.15) is 19.3 Å². The first kappa shape index (κ1) is 13.0. The quantitative estimate of drug-likeness (QED) is 0.544. The van der Waals surface area contributed by atoms with Gasteiger partial charge in [0, 0.05) is 6.54 Å². The predicted octanol–water partition coefficient (Wildman–Crippen LogP) is 0.00750. The van der Waals surface area contributed by atoms with Gasteiger partial charge in [-0.15, -0.1) is 0 Å². The van der Waals surface area contributed by atoms with E-state index in [1.54, 1.807) is 0 Å². The van der Waals surface area contributed by atoms with Crippen LogP contribution in [0.15, 0.2) is 0 Å². The molecule has 0 bridgehead atoms. The monoisotopic (exact) mass is 228 g/mol. The molecule has 0 unspecified atom stereocenters. The minimum Gasteiger partial charge on any atom is -0.469 e. The van der Waals surface area contributed by atoms with Gasteiger partial charge in [0.25, 0.3) is 0 Å². The summed E-state index contributed by atoms with van der Waals surface area (Å²) in [5.41, 5.74) is 0. The molecule has 1 fully saturated rings. The number of nitrogens with one attached hydrogen (secondary N) is 1. The molecule has 0 atom stereocenters. The fourth-order valence-corrected chi connectivity index (χ4v) is 1.79. The van der Waals surface area contributed by atoms with Crippen LogP contribution in [0, 0.1) is 5.92 Å². The Bertz CT molecular complexity index is 248. The lowest BCUT2D eigenvalue weighted by Gasteiger charge is -2.28. The van der Waals surface area contributed by atoms with Gasteiger partial charge in [-0.3, -0.25) is 9.59 Å². The Morgan fingerprint density at radius 1 is 1.38 bits per heavy atom. The third kappa shape index (κ3) is 4.61. The lowest BCUT2D eigenvalue weighted by atomic mass is 9.97. The molecule has 1 amide bonds. The summed E-state index contributed by atoms with van der Waals surface area (Å²) in [4.78, 5) is 24.4. The highest BCUT2D eigenvalue weighted by molar-refractivity contribution is 5.94. The van der Waals surface area contributed by atoms with E-state index >= 15 is 0 Å². The van der Waals surface area contributed by atoms with Crippen molar-refractivity contribution < 1.29 is 14.3 Å². The normalized spacial score (nSPS) is 18.1. The number of carbonyl (C=O) groups is 2. The number of rotatable bonds is 4. The molecule has 1 N–H and O–H groups in total. The van der Waals surface area contributed by atoms with Crippen LogP contribution in [0.3, 0.4) is 0 Å². The number of ether oxygens (including phenoxy) is 1. The second-order valence-corrected chi connectivity index (χ2v) is 4.30. The number of amides is 1. The smallest absolute Gasteiger partial charge is 0.315 e. The highest BCUT2D eigenvalue weighted by Crippen LogP contribution is 2.14. The zero-order valence-corrected chi connectivity index (χ0v) is 9.99. The predicted molar refractivity (Wildman–Crippen MR) is 59.9 cm³/mol. The molecule has 5 heteroatoms. The number of piperidine rings is 1. The maximum absolute atomic E-state index is 11.3. The molecule has 0 aromatic carbocycles. The molecule has 1 rings (SSSR count). The summed E-state index contributed by atoms with van der Waals surface area (Å²) in [5, 5.41) is 2.77. The first-order chi connectivity index (χ1) is 7.61. The average Bonchev–Trinajstić information content (AvgIpc) is 2.28. The molecular formula is C11H20N2O3. The molecule has 0 saturated carbocycles. The number of carbonyl (C=O) groups excluding carboxylic acids is 2. The van der Waals surface area contributed by atoms with Crippen molar-refractivity contribution in [3.8, 4) is 0 Å². The number of likely N-dealkylation sites (tertiary alicyclic amines) is 1. The van der Waals surface area contributed by atoms with E-state index in [4.69, 9.17) is 0 Å². The third-order valence-electron chi connectivity index (χ3n) is 2.96. The first-order valence-corrected chi connectivity index (χ1v) is 5.64. The van der Waals surface area contributed by atoms with Crippen molar-refractivity contribution >= 4 is 11.9 Å². The molecule has 1 aliphatic heterocycles. The van der Waals surface area contributed by atoms with Crippen molar-refractivity contribution in [2.45, 2.75) is 19.3 Å². The molecule has 92 valence electrons. The van der Waals surface area contributed by atoms with Crippen LogP contribution in [0.25, 0.3) is 0 Å². The van der Waals surface area contributed by atoms with E-state index in [2.05, 4.69) is 22.0 Å². The summed E-state index contributed by atoms with van der Waals surface area (Å²) in [5.74, 6) is -0.190. The van der Waals surface area contributed by atoms with E-state index in [-0.39, 0.29) is 12.3 Å². The van der Waals surface area contributed by atoms with Crippen molar-refractivity contribution in [1.82, 2.24) is 10.2 Å². The zero-order valence-electron chi connectivity index (χ0n) is 9.99. The molecule has 1 saturated heterocycles. The van der Waals surface area contributed by atoms with E-state index in [1.807, 2.05) is 0 Å². The van der Waals surface area contributed by atoms with Gasteiger partial charge in [-0.2, -0.15) is 0 Å². The second-order valence-electron chi connectivity index (χ2n) is 4.30. The van der Waals surface area contributed by atoms with Gasteiger partial charge in [-0.25, -0.2) is 0 Å². The van der Waals surface area contributed by atoms with Crippen LogP contribution in [-0.2, 0) is 14.3 Å². The highest BCUT2D eigenvalue weighted by Gasteiger charge is 2.17. The largest absolute Gasteiger partial charge is 0.469 e. The van der Waals surface area contributed by atoms with Gasteiger partial charge in [0.15, 0.2) is 0 Å². The van der Waals surface area contributed by atoms with Crippen molar-refractivity contribution in [2.24, 2.45) is 5.92 Å². The van der Waals surface area contributed by atoms with Crippen molar-refractivity contribution in [3.63, 3.8) is 0 Å². The van der Waals surface area contributed by atoms with Gasteiger partial charge < -0.3 is 15.0 Å². The second kappa shape index (κ2) is 6.48. The van der Waals surface area contributed by atoms with E-state index < -0.39 is 5.97 Å². The minimum atomic E-state index is -0.485. The van der Waals surface area contributed by atoms with Crippen molar-refractivity contribution in [1.29, 1.82) is 0 Å². The van der Waals surface area contributed by atoms with Crippen LogP contribution in [-0.4, -0.2) is 50.6 Å². The van der Waals surface area contributed by atoms with Crippen LogP contribution in [0.2, 0.25) is 0 Å². The van der Waals surface area contributed by atoms with Crippen LogP contribution >= 0.6 is 0 Å². The Hall–Kier alpha value is -1.10. The molecule has 16 heavy (non-hydrogen) atoms. The Morgan fingerprint density at radius 3 is 2.56 bits per heavy atom. The van der Waals surface area contributed by atoms with E-state index in [9.17, 15) is 9.59 Å². The molecule has 0 aliphatic carbocycles. The molecular weight excluding hydrogens is 208 g/mol. The molecule has 0 radical (unpaired) electrons. The molecule has 0 aromatic heterocycles. The van der Waals surface area contributed by atoms with Gasteiger partial charge in [0.05, 0.1) is 7.11 Å². The SMILES string of the molecule is COC(=O)CC(=O)NCC1CCN(C)CC1. The third-order valence-corrected chi connectivity index (χ3v) is 2.96. The van der Waals surface area contributed by atoms with Crippen LogP contribution < -0.4 is 5.32 Å². The Kier molecular flexibility index (Phi) is 5.25. The molecule has 5 nitrogen and oxygen atoms in total. The number of nitrogens with zero attached hydrogens (tertiary/aromatic N) is 1. The zero-order chi connectivity index (χ0) is 12.0. The van der Waals surface area contributed by atoms with Crippen molar-refractivity contribution in [2.75, 3.05) is 33.8 Å². The Balaban J connectivity index is 2.14. The standard InChI is InChI=1S/C11H20N2O3/c1-13-5-3-9(4-6-13)8-12-10(14)7-11(15)16-2/h9H,3-8H2,1-2H3,(H,12,14). The number of hydrogen-bond acceptors (Lipinski definition) is 4. The summed E-state index contributed by atoms with van der Waals surface area (Å²) in [6.07, 6.45) is 2.03. The number of esters is 1. The number of hydrogen-bond donors (Lipinski definition) is 1. The summed E-state index contributed by atoms with van der Waals surface area (Å²) >= 11 is 0. The minimum absolute atomic E-state index is 0.177. The summed E-state index contributed by atoms with van der Waals surface area (Å²) < 4.78 is 4.42. The van der Waals surface area contributed by atoms with Crippen LogP contribution in [0.4, 0.5) is 0 Å². The van der Waals surface area contributed by atoms with Gasteiger partial charge in [0.1, 0.15) is 6.42 Å². The maximum atomic E-state index is 11.3. The van der Waals surface area contributed by atoms with Gasteiger partial charge in [-0.05, 0) is 38.9 Å². The van der Waals surface area contributed by atoms with Gasteiger partial charge in [-0.1, -0.05) is 0 Å². The molecule has 0 aromatic rings. The molecule has 0 spiro atoms. The number of methoxy groups -OCH3 is 1. The van der Waals surface area contributed by atoms with E-state index in [1.165, 1.54) is 7.11 Å². The van der Waals surface area contributed by atoms with E-state index in [0.717, 1.165) is 25.9 Å². The van der Waals surface area contributed by atoms with Gasteiger partial charge >= 0.3 is 5.97 Å². The van der Waals surface area contributed by atoms with Gasteiger partial charge in [0.2, 0.25) is 5.91 Å². The first-order valence-electron chi connectivity index (χ1n) is 5.64. The summed E-state index contributed by atoms with van der Waals surface area (Å²) in [6, 6.07) is 0. The van der Waals surface area contributed by atoms with Crippen LogP contribution in [0.5, 0.6) is 0 Å². The lowest BCUT2D eigenvalue weighted by molar-refractivity contribution is -0.143. The maximum Gasteiger partial charge on any atom is 0.315 e.